The number of hydrogen-bond acceptors (Lipinski definition) is 3. The number of esters is 1. The van der Waals surface area contributed by atoms with Crippen LogP contribution in [0.15, 0.2) is 30.3 Å². The van der Waals surface area contributed by atoms with Gasteiger partial charge in [0.1, 0.15) is 11.4 Å². The van der Waals surface area contributed by atoms with Crippen molar-refractivity contribution in [2.45, 2.75) is 38.0 Å². The highest BCUT2D eigenvalue weighted by Crippen LogP contribution is 2.23. The maximum atomic E-state index is 11.9. The second-order valence-electron chi connectivity index (χ2n) is 3.88. The van der Waals surface area contributed by atoms with Crippen LogP contribution < -0.4 is 0 Å². The standard InChI is InChI=1S/C14H20O2S/c1-4-12(11-9-7-6-8-10-11)16-14(15)13(5-2)17-3/h6-10,12-13H,4-5H2,1-3H3. The molecule has 0 fully saturated rings. The smallest absolute Gasteiger partial charge is 0.319 e. The fraction of sp³-hybridized carbons (Fsp3) is 0.500. The molecule has 0 saturated carbocycles. The van der Waals surface area contributed by atoms with Gasteiger partial charge in [0.15, 0.2) is 0 Å². The Bertz CT molecular complexity index is 333. The number of carbonyl (C=O) groups is 1. The molecule has 0 heterocycles. The predicted octanol–water partition coefficient (Wildman–Crippen LogP) is 3.82. The Hall–Kier alpha value is -0.960. The van der Waals surface area contributed by atoms with Gasteiger partial charge in [-0.3, -0.25) is 4.79 Å². The Morgan fingerprint density at radius 1 is 1.24 bits per heavy atom. The normalized spacial score (nSPS) is 14.1. The number of rotatable bonds is 6. The molecule has 17 heavy (non-hydrogen) atoms. The molecule has 0 aliphatic carbocycles. The molecule has 2 atom stereocenters. The lowest BCUT2D eigenvalue weighted by molar-refractivity contribution is -0.149. The number of thioether (sulfide) groups is 1. The van der Waals surface area contributed by atoms with E-state index in [-0.39, 0.29) is 17.3 Å². The zero-order valence-electron chi connectivity index (χ0n) is 10.7. The fourth-order valence-corrected chi connectivity index (χ4v) is 2.28. The first-order valence-corrected chi connectivity index (χ1v) is 7.29. The minimum Gasteiger partial charge on any atom is -0.457 e. The molecule has 0 spiro atoms. The summed E-state index contributed by atoms with van der Waals surface area (Å²) in [6.45, 7) is 4.04. The highest BCUT2D eigenvalue weighted by molar-refractivity contribution is 7.99. The molecule has 94 valence electrons. The van der Waals surface area contributed by atoms with Crippen LogP contribution in [-0.4, -0.2) is 17.5 Å². The van der Waals surface area contributed by atoms with Crippen molar-refractivity contribution in [1.29, 1.82) is 0 Å². The summed E-state index contributed by atoms with van der Waals surface area (Å²) in [5.74, 6) is -0.101. The summed E-state index contributed by atoms with van der Waals surface area (Å²) in [5, 5.41) is -0.0484. The molecule has 0 saturated heterocycles. The molecule has 0 amide bonds. The monoisotopic (exact) mass is 252 g/mol. The lowest BCUT2D eigenvalue weighted by atomic mass is 10.1. The lowest BCUT2D eigenvalue weighted by Crippen LogP contribution is -2.21. The van der Waals surface area contributed by atoms with Crippen molar-refractivity contribution in [3.63, 3.8) is 0 Å². The van der Waals surface area contributed by atoms with Crippen molar-refractivity contribution >= 4 is 17.7 Å². The van der Waals surface area contributed by atoms with Gasteiger partial charge in [-0.25, -0.2) is 0 Å². The van der Waals surface area contributed by atoms with E-state index in [2.05, 4.69) is 0 Å². The molecule has 0 radical (unpaired) electrons. The van der Waals surface area contributed by atoms with Gasteiger partial charge < -0.3 is 4.74 Å². The third-order valence-corrected chi connectivity index (χ3v) is 3.81. The minimum absolute atomic E-state index is 0.0484. The molecule has 0 bridgehead atoms. The van der Waals surface area contributed by atoms with Crippen LogP contribution in [0.1, 0.15) is 38.4 Å². The summed E-state index contributed by atoms with van der Waals surface area (Å²) in [4.78, 5) is 11.9. The van der Waals surface area contributed by atoms with Crippen LogP contribution in [-0.2, 0) is 9.53 Å². The zero-order chi connectivity index (χ0) is 12.7. The first-order chi connectivity index (χ1) is 8.22. The number of carbonyl (C=O) groups excluding carboxylic acids is 1. The van der Waals surface area contributed by atoms with Gasteiger partial charge in [-0.2, -0.15) is 11.8 Å². The fourth-order valence-electron chi connectivity index (χ4n) is 1.70. The molecule has 0 aliphatic heterocycles. The van der Waals surface area contributed by atoms with Crippen molar-refractivity contribution in [1.82, 2.24) is 0 Å². The van der Waals surface area contributed by atoms with Gasteiger partial charge in [0.2, 0.25) is 0 Å². The quantitative estimate of drug-likeness (QED) is 0.720. The molecule has 1 rings (SSSR count). The van der Waals surface area contributed by atoms with E-state index in [4.69, 9.17) is 4.74 Å². The second-order valence-corrected chi connectivity index (χ2v) is 4.92. The molecule has 0 N–H and O–H groups in total. The summed E-state index contributed by atoms with van der Waals surface area (Å²) in [7, 11) is 0. The summed E-state index contributed by atoms with van der Waals surface area (Å²) < 4.78 is 5.57. The van der Waals surface area contributed by atoms with Gasteiger partial charge in [-0.15, -0.1) is 0 Å². The first kappa shape index (κ1) is 14.1. The highest BCUT2D eigenvalue weighted by Gasteiger charge is 2.21. The molecule has 0 aromatic heterocycles. The van der Waals surface area contributed by atoms with Crippen LogP contribution in [0.25, 0.3) is 0 Å². The third-order valence-electron chi connectivity index (χ3n) is 2.72. The van der Waals surface area contributed by atoms with Crippen LogP contribution in [0.4, 0.5) is 0 Å². The summed E-state index contributed by atoms with van der Waals surface area (Å²) in [5.41, 5.74) is 1.07. The van der Waals surface area contributed by atoms with Crippen molar-refractivity contribution in [3.05, 3.63) is 35.9 Å². The average molecular weight is 252 g/mol. The van der Waals surface area contributed by atoms with E-state index in [1.807, 2.05) is 50.4 Å². The Balaban J connectivity index is 2.68. The van der Waals surface area contributed by atoms with Crippen molar-refractivity contribution < 1.29 is 9.53 Å². The molecular weight excluding hydrogens is 232 g/mol. The molecular formula is C14H20O2S. The van der Waals surface area contributed by atoms with Crippen molar-refractivity contribution in [2.24, 2.45) is 0 Å². The summed E-state index contributed by atoms with van der Waals surface area (Å²) in [6, 6.07) is 9.91. The Kier molecular flexibility index (Phi) is 6.12. The molecule has 0 aliphatic rings. The van der Waals surface area contributed by atoms with Crippen molar-refractivity contribution in [3.8, 4) is 0 Å². The Morgan fingerprint density at radius 2 is 1.88 bits per heavy atom. The minimum atomic E-state index is -0.120. The van der Waals surface area contributed by atoms with Gasteiger partial charge in [0.05, 0.1) is 0 Å². The van der Waals surface area contributed by atoms with E-state index in [0.717, 1.165) is 18.4 Å². The number of ether oxygens (including phenoxy) is 1. The van der Waals surface area contributed by atoms with E-state index in [9.17, 15) is 4.79 Å². The predicted molar refractivity (Wildman–Crippen MR) is 73.2 cm³/mol. The van der Waals surface area contributed by atoms with Gasteiger partial charge >= 0.3 is 5.97 Å². The SMILES string of the molecule is CCC(SC)C(=O)OC(CC)c1ccccc1. The largest absolute Gasteiger partial charge is 0.457 e. The summed E-state index contributed by atoms with van der Waals surface area (Å²) >= 11 is 1.55. The van der Waals surface area contributed by atoms with Crippen LogP contribution in [0.2, 0.25) is 0 Å². The van der Waals surface area contributed by atoms with E-state index >= 15 is 0 Å². The van der Waals surface area contributed by atoms with Crippen LogP contribution >= 0.6 is 11.8 Å². The second kappa shape index (κ2) is 7.38. The van der Waals surface area contributed by atoms with E-state index in [1.165, 1.54) is 0 Å². The maximum Gasteiger partial charge on any atom is 0.319 e. The van der Waals surface area contributed by atoms with Crippen LogP contribution in [0, 0.1) is 0 Å². The van der Waals surface area contributed by atoms with Gasteiger partial charge in [-0.1, -0.05) is 44.2 Å². The molecule has 1 aromatic rings. The van der Waals surface area contributed by atoms with E-state index < -0.39 is 0 Å². The maximum absolute atomic E-state index is 11.9. The Morgan fingerprint density at radius 3 is 2.35 bits per heavy atom. The first-order valence-electron chi connectivity index (χ1n) is 6.01. The average Bonchev–Trinajstić information content (AvgIpc) is 2.38. The van der Waals surface area contributed by atoms with E-state index in [1.54, 1.807) is 11.8 Å². The van der Waals surface area contributed by atoms with Gasteiger partial charge in [-0.05, 0) is 24.7 Å². The molecule has 3 heteroatoms. The highest BCUT2D eigenvalue weighted by atomic mass is 32.2. The lowest BCUT2D eigenvalue weighted by Gasteiger charge is -2.19. The summed E-state index contributed by atoms with van der Waals surface area (Å²) in [6.07, 6.45) is 3.44. The van der Waals surface area contributed by atoms with Crippen molar-refractivity contribution in [2.75, 3.05) is 6.26 Å². The zero-order valence-corrected chi connectivity index (χ0v) is 11.5. The number of benzene rings is 1. The molecule has 2 nitrogen and oxygen atoms in total. The van der Waals surface area contributed by atoms with Gasteiger partial charge in [0, 0.05) is 0 Å². The van der Waals surface area contributed by atoms with Gasteiger partial charge in [0.25, 0.3) is 0 Å². The van der Waals surface area contributed by atoms with Crippen LogP contribution in [0.3, 0.4) is 0 Å². The van der Waals surface area contributed by atoms with Crippen LogP contribution in [0.5, 0.6) is 0 Å². The molecule has 2 unspecified atom stereocenters. The number of hydrogen-bond donors (Lipinski definition) is 0. The third kappa shape index (κ3) is 4.08. The van der Waals surface area contributed by atoms with E-state index in [0.29, 0.717) is 0 Å². The molecule has 1 aromatic carbocycles. The Labute approximate surface area is 108 Å². The topological polar surface area (TPSA) is 26.3 Å².